The monoisotopic (exact) mass is 419 g/mol. The van der Waals surface area contributed by atoms with Gasteiger partial charge in [-0.2, -0.15) is 0 Å². The number of aryl methyl sites for hydroxylation is 1. The Kier molecular flexibility index (Phi) is 6.94. The molecule has 0 saturated carbocycles. The first-order valence-electron chi connectivity index (χ1n) is 9.22. The number of carbonyl (C=O) groups is 2. The van der Waals surface area contributed by atoms with Crippen LogP contribution in [0.3, 0.4) is 0 Å². The van der Waals surface area contributed by atoms with E-state index in [0.29, 0.717) is 23.7 Å². The van der Waals surface area contributed by atoms with Crippen molar-refractivity contribution in [2.24, 2.45) is 0 Å². The van der Waals surface area contributed by atoms with E-state index >= 15 is 0 Å². The average molecular weight is 420 g/mol. The van der Waals surface area contributed by atoms with Crippen molar-refractivity contribution in [1.82, 2.24) is 15.1 Å². The Morgan fingerprint density at radius 3 is 2.43 bits per heavy atom. The third-order valence-electron chi connectivity index (χ3n) is 4.96. The number of halogens is 2. The summed E-state index contributed by atoms with van der Waals surface area (Å²) in [5.41, 5.74) is 2.90. The molecule has 1 saturated heterocycles. The Hall–Kier alpha value is -2.08. The molecule has 3 rings (SSSR count). The number of carbonyl (C=O) groups excluding carboxylic acids is 2. The minimum Gasteiger partial charge on any atom is -0.343 e. The van der Waals surface area contributed by atoms with Crippen molar-refractivity contribution < 1.29 is 9.59 Å². The van der Waals surface area contributed by atoms with Crippen molar-refractivity contribution in [3.8, 4) is 0 Å². The predicted molar refractivity (Wildman–Crippen MR) is 112 cm³/mol. The van der Waals surface area contributed by atoms with E-state index < -0.39 is 0 Å². The summed E-state index contributed by atoms with van der Waals surface area (Å²) >= 11 is 11.9. The standard InChI is InChI=1S/C21H23Cl2N3O2/c1-15-4-2-3-5-16(15)14-25-8-10-26(11-9-25)20(27)13-24-21(28)18-7-6-17(22)12-19(18)23/h2-7,12H,8-11,13-14H2,1H3,(H,24,28). The predicted octanol–water partition coefficient (Wildman–Crippen LogP) is 3.38. The quantitative estimate of drug-likeness (QED) is 0.807. The number of benzene rings is 2. The van der Waals surface area contributed by atoms with Crippen LogP contribution in [-0.2, 0) is 11.3 Å². The molecule has 148 valence electrons. The largest absolute Gasteiger partial charge is 0.343 e. The van der Waals surface area contributed by atoms with Gasteiger partial charge in [-0.15, -0.1) is 0 Å². The van der Waals surface area contributed by atoms with E-state index in [0.717, 1.165) is 19.6 Å². The Morgan fingerprint density at radius 1 is 1.04 bits per heavy atom. The lowest BCUT2D eigenvalue weighted by atomic mass is 10.1. The second-order valence-corrected chi connectivity index (χ2v) is 7.73. The second-order valence-electron chi connectivity index (χ2n) is 6.89. The summed E-state index contributed by atoms with van der Waals surface area (Å²) in [7, 11) is 0. The molecule has 0 unspecified atom stereocenters. The van der Waals surface area contributed by atoms with Gasteiger partial charge in [0.2, 0.25) is 5.91 Å². The van der Waals surface area contributed by atoms with E-state index in [1.807, 2.05) is 6.07 Å². The van der Waals surface area contributed by atoms with Gasteiger partial charge < -0.3 is 10.2 Å². The third kappa shape index (κ3) is 5.25. The summed E-state index contributed by atoms with van der Waals surface area (Å²) < 4.78 is 0. The highest BCUT2D eigenvalue weighted by Crippen LogP contribution is 2.20. The van der Waals surface area contributed by atoms with Gasteiger partial charge in [0.1, 0.15) is 0 Å². The highest BCUT2D eigenvalue weighted by atomic mass is 35.5. The molecule has 1 aliphatic rings. The SMILES string of the molecule is Cc1ccccc1CN1CCN(C(=O)CNC(=O)c2ccc(Cl)cc2Cl)CC1. The first-order valence-corrected chi connectivity index (χ1v) is 9.97. The lowest BCUT2D eigenvalue weighted by molar-refractivity contribution is -0.131. The molecule has 28 heavy (non-hydrogen) atoms. The Morgan fingerprint density at radius 2 is 1.75 bits per heavy atom. The molecule has 0 aliphatic carbocycles. The van der Waals surface area contributed by atoms with Gasteiger partial charge >= 0.3 is 0 Å². The number of nitrogens with zero attached hydrogens (tertiary/aromatic N) is 2. The van der Waals surface area contributed by atoms with Gasteiger partial charge in [0, 0.05) is 37.7 Å². The van der Waals surface area contributed by atoms with Crippen LogP contribution in [0.25, 0.3) is 0 Å². The van der Waals surface area contributed by atoms with Gasteiger partial charge in [-0.05, 0) is 36.2 Å². The minimum atomic E-state index is -0.381. The molecule has 2 aromatic rings. The number of hydrogen-bond donors (Lipinski definition) is 1. The van der Waals surface area contributed by atoms with Crippen LogP contribution >= 0.6 is 23.2 Å². The summed E-state index contributed by atoms with van der Waals surface area (Å²) in [4.78, 5) is 28.8. The van der Waals surface area contributed by atoms with Crippen LogP contribution in [-0.4, -0.2) is 54.3 Å². The zero-order valence-electron chi connectivity index (χ0n) is 15.8. The van der Waals surface area contributed by atoms with Gasteiger partial charge in [0.25, 0.3) is 5.91 Å². The maximum atomic E-state index is 12.4. The summed E-state index contributed by atoms with van der Waals surface area (Å²) in [6.45, 7) is 5.90. The Bertz CT molecular complexity index is 864. The first-order chi connectivity index (χ1) is 13.4. The zero-order valence-corrected chi connectivity index (χ0v) is 17.3. The number of rotatable bonds is 5. The van der Waals surface area contributed by atoms with Gasteiger partial charge in [-0.1, -0.05) is 47.5 Å². The molecule has 1 N–H and O–H groups in total. The van der Waals surface area contributed by atoms with Crippen molar-refractivity contribution in [3.63, 3.8) is 0 Å². The molecule has 1 fully saturated rings. The maximum Gasteiger partial charge on any atom is 0.253 e. The summed E-state index contributed by atoms with van der Waals surface area (Å²) in [6.07, 6.45) is 0. The minimum absolute atomic E-state index is 0.0460. The molecule has 1 heterocycles. The van der Waals surface area contributed by atoms with E-state index in [1.165, 1.54) is 17.2 Å². The summed E-state index contributed by atoms with van der Waals surface area (Å²) in [5.74, 6) is -0.470. The Balaban J connectivity index is 1.46. The van der Waals surface area contributed by atoms with Gasteiger partial charge in [-0.25, -0.2) is 0 Å². The van der Waals surface area contributed by atoms with Crippen molar-refractivity contribution in [1.29, 1.82) is 0 Å². The van der Waals surface area contributed by atoms with Crippen molar-refractivity contribution >= 4 is 35.0 Å². The van der Waals surface area contributed by atoms with Crippen LogP contribution in [0.4, 0.5) is 0 Å². The summed E-state index contributed by atoms with van der Waals surface area (Å²) in [6, 6.07) is 13.0. The molecule has 1 aliphatic heterocycles. The average Bonchev–Trinajstić information content (AvgIpc) is 2.68. The topological polar surface area (TPSA) is 52.6 Å². The van der Waals surface area contributed by atoms with Crippen LogP contribution in [0.15, 0.2) is 42.5 Å². The maximum absolute atomic E-state index is 12.4. The number of hydrogen-bond acceptors (Lipinski definition) is 3. The fraction of sp³-hybridized carbons (Fsp3) is 0.333. The first kappa shape index (κ1) is 20.6. The zero-order chi connectivity index (χ0) is 20.1. The van der Waals surface area contributed by atoms with Crippen LogP contribution < -0.4 is 5.32 Å². The third-order valence-corrected chi connectivity index (χ3v) is 5.50. The molecular formula is C21H23Cl2N3O2. The van der Waals surface area contributed by atoms with E-state index in [2.05, 4.69) is 35.3 Å². The molecule has 2 aromatic carbocycles. The number of piperazine rings is 1. The van der Waals surface area contributed by atoms with E-state index in [-0.39, 0.29) is 23.4 Å². The van der Waals surface area contributed by atoms with E-state index in [9.17, 15) is 9.59 Å². The van der Waals surface area contributed by atoms with E-state index in [1.54, 1.807) is 17.0 Å². The van der Waals surface area contributed by atoms with Crippen LogP contribution in [0.1, 0.15) is 21.5 Å². The van der Waals surface area contributed by atoms with Crippen molar-refractivity contribution in [2.75, 3.05) is 32.7 Å². The molecular weight excluding hydrogens is 397 g/mol. The summed E-state index contributed by atoms with van der Waals surface area (Å²) in [5, 5.41) is 3.37. The molecule has 2 amide bonds. The number of amides is 2. The highest BCUT2D eigenvalue weighted by molar-refractivity contribution is 6.36. The van der Waals surface area contributed by atoms with Gasteiger partial charge in [-0.3, -0.25) is 14.5 Å². The molecule has 0 spiro atoms. The molecule has 0 aromatic heterocycles. The molecule has 5 nitrogen and oxygen atoms in total. The van der Waals surface area contributed by atoms with Crippen LogP contribution in [0.2, 0.25) is 10.0 Å². The Labute approximate surface area is 175 Å². The van der Waals surface area contributed by atoms with E-state index in [4.69, 9.17) is 23.2 Å². The van der Waals surface area contributed by atoms with Gasteiger partial charge in [0.15, 0.2) is 0 Å². The van der Waals surface area contributed by atoms with Crippen molar-refractivity contribution in [3.05, 3.63) is 69.2 Å². The number of nitrogens with one attached hydrogen (secondary N) is 1. The van der Waals surface area contributed by atoms with Gasteiger partial charge in [0.05, 0.1) is 17.1 Å². The fourth-order valence-corrected chi connectivity index (χ4v) is 3.71. The molecule has 7 heteroatoms. The second kappa shape index (κ2) is 9.41. The van der Waals surface area contributed by atoms with Crippen molar-refractivity contribution in [2.45, 2.75) is 13.5 Å². The highest BCUT2D eigenvalue weighted by Gasteiger charge is 2.22. The molecule has 0 bridgehead atoms. The molecule has 0 atom stereocenters. The lowest BCUT2D eigenvalue weighted by Crippen LogP contribution is -2.50. The smallest absolute Gasteiger partial charge is 0.253 e. The fourth-order valence-electron chi connectivity index (χ4n) is 3.22. The molecule has 0 radical (unpaired) electrons. The van der Waals surface area contributed by atoms with Crippen LogP contribution in [0, 0.1) is 6.92 Å². The lowest BCUT2D eigenvalue weighted by Gasteiger charge is -2.35. The normalized spacial score (nSPS) is 14.8. The van der Waals surface area contributed by atoms with Crippen LogP contribution in [0.5, 0.6) is 0 Å².